The Morgan fingerprint density at radius 2 is 1.47 bits per heavy atom. The maximum absolute atomic E-state index is 10.9. The lowest BCUT2D eigenvalue weighted by Gasteiger charge is -2.15. The third-order valence-corrected chi connectivity index (χ3v) is 2.53. The lowest BCUT2D eigenvalue weighted by Crippen LogP contribution is -1.98. The van der Waals surface area contributed by atoms with Gasteiger partial charge in [-0.1, -0.05) is 0 Å². The van der Waals surface area contributed by atoms with Crippen molar-refractivity contribution in [2.75, 3.05) is 21.3 Å². The third-order valence-electron chi connectivity index (χ3n) is 1.85. The Labute approximate surface area is 90.2 Å². The maximum Gasteiger partial charge on any atom is 0.164 e. The maximum atomic E-state index is 10.9. The second-order valence-corrected chi connectivity index (χ2v) is 3.50. The summed E-state index contributed by atoms with van der Waals surface area (Å²) in [4.78, 5) is 0.0372. The molecule has 84 valence electrons. The minimum absolute atomic E-state index is 0.0372. The summed E-state index contributed by atoms with van der Waals surface area (Å²) in [6.07, 6.45) is 0. The monoisotopic (exact) mass is 231 g/mol. The Hall–Kier alpha value is -1.27. The van der Waals surface area contributed by atoms with Gasteiger partial charge in [0.05, 0.1) is 26.2 Å². The molecule has 1 aromatic carbocycles. The van der Waals surface area contributed by atoms with E-state index in [2.05, 4.69) is 0 Å². The standard InChI is InChI=1S/C9H12O5S/c1-12-6-4-8(14-3)9(15(10)11)5-7(6)13-2/h4-5H,1-3H3,(H,10,11)/p-1. The molecule has 0 N–H and O–H groups in total. The van der Waals surface area contributed by atoms with Gasteiger partial charge in [0.25, 0.3) is 0 Å². The summed E-state index contributed by atoms with van der Waals surface area (Å²) in [7, 11) is 4.28. The van der Waals surface area contributed by atoms with Crippen LogP contribution in [0.2, 0.25) is 0 Å². The van der Waals surface area contributed by atoms with Gasteiger partial charge >= 0.3 is 0 Å². The van der Waals surface area contributed by atoms with Crippen molar-refractivity contribution < 1.29 is 23.0 Å². The summed E-state index contributed by atoms with van der Waals surface area (Å²) < 4.78 is 36.6. The van der Waals surface area contributed by atoms with Crippen LogP contribution in [0.15, 0.2) is 17.0 Å². The van der Waals surface area contributed by atoms with Gasteiger partial charge in [-0.3, -0.25) is 4.21 Å². The van der Waals surface area contributed by atoms with E-state index in [0.717, 1.165) is 0 Å². The quantitative estimate of drug-likeness (QED) is 0.722. The molecular formula is C9H11O5S-. The molecule has 0 aliphatic carbocycles. The molecule has 1 aromatic rings. The predicted molar refractivity (Wildman–Crippen MR) is 53.3 cm³/mol. The summed E-state index contributed by atoms with van der Waals surface area (Å²) in [6, 6.07) is 2.81. The van der Waals surface area contributed by atoms with Gasteiger partial charge in [-0.25, -0.2) is 0 Å². The highest BCUT2D eigenvalue weighted by Crippen LogP contribution is 2.35. The third kappa shape index (κ3) is 2.40. The minimum atomic E-state index is -2.37. The average molecular weight is 231 g/mol. The molecule has 0 fully saturated rings. The summed E-state index contributed by atoms with van der Waals surface area (Å²) in [6.45, 7) is 0. The van der Waals surface area contributed by atoms with E-state index in [0.29, 0.717) is 11.5 Å². The summed E-state index contributed by atoms with van der Waals surface area (Å²) >= 11 is -2.37. The molecule has 5 nitrogen and oxygen atoms in total. The molecule has 0 spiro atoms. The van der Waals surface area contributed by atoms with Crippen molar-refractivity contribution in [2.45, 2.75) is 4.90 Å². The van der Waals surface area contributed by atoms with Crippen LogP contribution in [0, 0.1) is 0 Å². The fraction of sp³-hybridized carbons (Fsp3) is 0.333. The molecule has 0 aliphatic heterocycles. The molecule has 0 radical (unpaired) electrons. The number of ether oxygens (including phenoxy) is 3. The molecule has 0 aliphatic rings. The molecule has 1 rings (SSSR count). The van der Waals surface area contributed by atoms with Crippen LogP contribution >= 0.6 is 0 Å². The first kappa shape index (κ1) is 11.8. The number of rotatable bonds is 4. The Bertz CT molecular complexity index is 377. The molecule has 0 saturated heterocycles. The van der Waals surface area contributed by atoms with Crippen molar-refractivity contribution in [3.05, 3.63) is 12.1 Å². The molecule has 0 saturated carbocycles. The molecular weight excluding hydrogens is 220 g/mol. The highest BCUT2D eigenvalue weighted by atomic mass is 32.2. The van der Waals surface area contributed by atoms with E-state index in [1.807, 2.05) is 0 Å². The van der Waals surface area contributed by atoms with Gasteiger partial charge in [0.2, 0.25) is 0 Å². The van der Waals surface area contributed by atoms with Gasteiger partial charge in [-0.05, 0) is 11.1 Å². The van der Waals surface area contributed by atoms with Gasteiger partial charge in [0.1, 0.15) is 5.75 Å². The van der Waals surface area contributed by atoms with Crippen LogP contribution in [-0.4, -0.2) is 30.1 Å². The van der Waals surface area contributed by atoms with Crippen LogP contribution < -0.4 is 14.2 Å². The van der Waals surface area contributed by atoms with Crippen LogP contribution in [0.4, 0.5) is 0 Å². The Balaban J connectivity index is 3.34. The van der Waals surface area contributed by atoms with Gasteiger partial charge in [0.15, 0.2) is 11.5 Å². The van der Waals surface area contributed by atoms with Crippen LogP contribution in [0.3, 0.4) is 0 Å². The Morgan fingerprint density at radius 3 is 1.87 bits per heavy atom. The van der Waals surface area contributed by atoms with Crippen molar-refractivity contribution in [3.63, 3.8) is 0 Å². The van der Waals surface area contributed by atoms with Crippen molar-refractivity contribution in [3.8, 4) is 17.2 Å². The molecule has 6 heteroatoms. The van der Waals surface area contributed by atoms with E-state index in [1.165, 1.54) is 33.5 Å². The van der Waals surface area contributed by atoms with Gasteiger partial charge in [-0.15, -0.1) is 0 Å². The summed E-state index contributed by atoms with van der Waals surface area (Å²) in [5, 5.41) is 0. The van der Waals surface area contributed by atoms with Gasteiger partial charge < -0.3 is 18.8 Å². The number of benzene rings is 1. The van der Waals surface area contributed by atoms with Crippen molar-refractivity contribution in [1.29, 1.82) is 0 Å². The van der Waals surface area contributed by atoms with Crippen molar-refractivity contribution in [1.82, 2.24) is 0 Å². The Morgan fingerprint density at radius 1 is 1.00 bits per heavy atom. The molecule has 0 amide bonds. The normalized spacial score (nSPS) is 12.0. The Kier molecular flexibility index (Phi) is 3.93. The van der Waals surface area contributed by atoms with E-state index >= 15 is 0 Å². The topological polar surface area (TPSA) is 67.8 Å². The fourth-order valence-electron chi connectivity index (χ4n) is 1.13. The molecule has 0 aromatic heterocycles. The first-order valence-corrected chi connectivity index (χ1v) is 5.10. The first-order valence-electron chi connectivity index (χ1n) is 4.03. The fourth-order valence-corrected chi connectivity index (χ4v) is 1.64. The van der Waals surface area contributed by atoms with E-state index in [9.17, 15) is 8.76 Å². The van der Waals surface area contributed by atoms with Crippen LogP contribution in [0.1, 0.15) is 0 Å². The van der Waals surface area contributed by atoms with E-state index in [4.69, 9.17) is 14.2 Å². The lowest BCUT2D eigenvalue weighted by atomic mass is 10.3. The van der Waals surface area contributed by atoms with E-state index in [-0.39, 0.29) is 10.6 Å². The molecule has 0 heterocycles. The summed E-state index contributed by atoms with van der Waals surface area (Å²) in [5.74, 6) is 0.988. The second-order valence-electron chi connectivity index (χ2n) is 2.59. The molecule has 1 atom stereocenters. The average Bonchev–Trinajstić information content (AvgIpc) is 2.26. The number of methoxy groups -OCH3 is 3. The zero-order valence-corrected chi connectivity index (χ0v) is 9.42. The zero-order chi connectivity index (χ0) is 11.4. The van der Waals surface area contributed by atoms with Gasteiger partial charge in [0, 0.05) is 12.1 Å². The number of hydrogen-bond donors (Lipinski definition) is 0. The molecule has 0 bridgehead atoms. The highest BCUT2D eigenvalue weighted by Gasteiger charge is 2.11. The summed E-state index contributed by atoms with van der Waals surface area (Å²) in [5.41, 5.74) is 0. The minimum Gasteiger partial charge on any atom is -0.768 e. The second kappa shape index (κ2) is 4.99. The van der Waals surface area contributed by atoms with Crippen LogP contribution in [0.25, 0.3) is 0 Å². The molecule has 1 unspecified atom stereocenters. The smallest absolute Gasteiger partial charge is 0.164 e. The van der Waals surface area contributed by atoms with Crippen LogP contribution in [-0.2, 0) is 11.1 Å². The predicted octanol–water partition coefficient (Wildman–Crippen LogP) is 0.950. The van der Waals surface area contributed by atoms with Crippen molar-refractivity contribution in [2.24, 2.45) is 0 Å². The lowest BCUT2D eigenvalue weighted by molar-refractivity contribution is 0.345. The van der Waals surface area contributed by atoms with Crippen molar-refractivity contribution >= 4 is 11.1 Å². The first-order chi connectivity index (χ1) is 7.13. The van der Waals surface area contributed by atoms with Gasteiger partial charge in [-0.2, -0.15) is 0 Å². The number of hydrogen-bond acceptors (Lipinski definition) is 5. The largest absolute Gasteiger partial charge is 0.768 e. The zero-order valence-electron chi connectivity index (χ0n) is 8.60. The van der Waals surface area contributed by atoms with E-state index in [1.54, 1.807) is 0 Å². The van der Waals surface area contributed by atoms with E-state index < -0.39 is 11.1 Å². The SMILES string of the molecule is COc1cc(OC)c(S(=O)[O-])cc1OC. The highest BCUT2D eigenvalue weighted by molar-refractivity contribution is 7.79. The van der Waals surface area contributed by atoms with Crippen LogP contribution in [0.5, 0.6) is 17.2 Å². The molecule has 15 heavy (non-hydrogen) atoms.